The van der Waals surface area contributed by atoms with Crippen molar-refractivity contribution in [1.82, 2.24) is 10.6 Å². The van der Waals surface area contributed by atoms with Crippen LogP contribution in [0.15, 0.2) is 54.6 Å². The fourth-order valence-corrected chi connectivity index (χ4v) is 2.64. The van der Waals surface area contributed by atoms with Crippen LogP contribution in [0.1, 0.15) is 44.9 Å². The Kier molecular flexibility index (Phi) is 7.39. The highest BCUT2D eigenvalue weighted by molar-refractivity contribution is 5.78. The van der Waals surface area contributed by atoms with Gasteiger partial charge in [0, 0.05) is 18.1 Å². The van der Waals surface area contributed by atoms with Crippen molar-refractivity contribution in [3.63, 3.8) is 0 Å². The summed E-state index contributed by atoms with van der Waals surface area (Å²) in [5.41, 5.74) is 1.71. The maximum absolute atomic E-state index is 11.8. The fourth-order valence-electron chi connectivity index (χ4n) is 2.64. The summed E-state index contributed by atoms with van der Waals surface area (Å²) in [6.07, 6.45) is -0.560. The van der Waals surface area contributed by atoms with Gasteiger partial charge in [-0.3, -0.25) is 4.79 Å². The summed E-state index contributed by atoms with van der Waals surface area (Å²) in [4.78, 5) is 11.8. The number of carbonyl (C=O) groups is 1. The third-order valence-corrected chi connectivity index (χ3v) is 4.05. The molecule has 0 aliphatic heterocycles. The van der Waals surface area contributed by atoms with Gasteiger partial charge in [-0.2, -0.15) is 0 Å². The quantitative estimate of drug-likeness (QED) is 0.667. The molecule has 2 rings (SSSR count). The number of benzene rings is 2. The first-order valence-corrected chi connectivity index (χ1v) is 9.24. The molecule has 2 aromatic carbocycles. The Labute approximate surface area is 161 Å². The van der Waals surface area contributed by atoms with Crippen LogP contribution in [0.3, 0.4) is 0 Å². The van der Waals surface area contributed by atoms with Crippen LogP contribution in [0.25, 0.3) is 0 Å². The van der Waals surface area contributed by atoms with E-state index < -0.39 is 6.10 Å². The molecule has 2 atom stereocenters. The van der Waals surface area contributed by atoms with Crippen molar-refractivity contribution in [1.29, 1.82) is 0 Å². The highest BCUT2D eigenvalue weighted by Crippen LogP contribution is 2.17. The van der Waals surface area contributed by atoms with Crippen LogP contribution in [-0.2, 0) is 11.3 Å². The van der Waals surface area contributed by atoms with E-state index in [0.717, 1.165) is 11.1 Å². The molecule has 0 heterocycles. The van der Waals surface area contributed by atoms with E-state index in [9.17, 15) is 9.90 Å². The Morgan fingerprint density at radius 1 is 1.07 bits per heavy atom. The zero-order valence-electron chi connectivity index (χ0n) is 16.5. The maximum Gasteiger partial charge on any atom is 0.258 e. The Balaban J connectivity index is 1.79. The van der Waals surface area contributed by atoms with E-state index in [2.05, 4.69) is 10.6 Å². The second-order valence-electron chi connectivity index (χ2n) is 7.76. The Morgan fingerprint density at radius 2 is 1.70 bits per heavy atom. The fraction of sp³-hybridized carbons (Fsp3) is 0.409. The highest BCUT2D eigenvalue weighted by Gasteiger charge is 2.16. The minimum atomic E-state index is -0.560. The normalized spacial score (nSPS) is 13.7. The van der Waals surface area contributed by atoms with Crippen molar-refractivity contribution in [2.75, 3.05) is 6.61 Å². The van der Waals surface area contributed by atoms with Crippen molar-refractivity contribution < 1.29 is 14.6 Å². The summed E-state index contributed by atoms with van der Waals surface area (Å²) in [5, 5.41) is 16.6. The molecule has 0 fully saturated rings. The topological polar surface area (TPSA) is 70.6 Å². The predicted octanol–water partition coefficient (Wildman–Crippen LogP) is 3.19. The first-order chi connectivity index (χ1) is 12.7. The number of aliphatic hydroxyl groups excluding tert-OH is 1. The van der Waals surface area contributed by atoms with E-state index in [-0.39, 0.29) is 24.1 Å². The summed E-state index contributed by atoms with van der Waals surface area (Å²) < 4.78 is 5.52. The van der Waals surface area contributed by atoms with Crippen LogP contribution < -0.4 is 15.4 Å². The maximum atomic E-state index is 11.8. The van der Waals surface area contributed by atoms with E-state index >= 15 is 0 Å². The molecule has 0 aliphatic carbocycles. The zero-order chi connectivity index (χ0) is 19.9. The molecule has 2 unspecified atom stereocenters. The molecule has 2 aromatic rings. The molecule has 0 bridgehead atoms. The standard InChI is InChI=1S/C22H30N2O3/c1-16(21(26)18-8-6-5-7-9-18)23-14-17-10-12-19(13-11-17)27-15-20(25)24-22(2,3)4/h5-13,16,21,23,26H,14-15H2,1-4H3,(H,24,25). The van der Waals surface area contributed by atoms with Crippen molar-refractivity contribution in [2.24, 2.45) is 0 Å². The summed E-state index contributed by atoms with van der Waals surface area (Å²) >= 11 is 0. The number of amides is 1. The molecule has 5 nitrogen and oxygen atoms in total. The van der Waals surface area contributed by atoms with Gasteiger partial charge in [0.05, 0.1) is 6.10 Å². The predicted molar refractivity (Wildman–Crippen MR) is 108 cm³/mol. The van der Waals surface area contributed by atoms with E-state index in [1.54, 1.807) is 0 Å². The molecule has 0 aliphatic rings. The van der Waals surface area contributed by atoms with Crippen LogP contribution in [-0.4, -0.2) is 29.2 Å². The van der Waals surface area contributed by atoms with Crippen LogP contribution in [0.2, 0.25) is 0 Å². The lowest BCUT2D eigenvalue weighted by molar-refractivity contribution is -0.124. The number of hydrogen-bond donors (Lipinski definition) is 3. The number of nitrogens with one attached hydrogen (secondary N) is 2. The molecule has 146 valence electrons. The average Bonchev–Trinajstić information content (AvgIpc) is 2.64. The molecule has 27 heavy (non-hydrogen) atoms. The minimum Gasteiger partial charge on any atom is -0.484 e. The van der Waals surface area contributed by atoms with Gasteiger partial charge in [-0.1, -0.05) is 42.5 Å². The van der Waals surface area contributed by atoms with Crippen molar-refractivity contribution >= 4 is 5.91 Å². The molecule has 0 aromatic heterocycles. The van der Waals surface area contributed by atoms with Gasteiger partial charge in [-0.25, -0.2) is 0 Å². The summed E-state index contributed by atoms with van der Waals surface area (Å²) in [6.45, 7) is 8.39. The Bertz CT molecular complexity index is 709. The zero-order valence-corrected chi connectivity index (χ0v) is 16.5. The monoisotopic (exact) mass is 370 g/mol. The highest BCUT2D eigenvalue weighted by atomic mass is 16.5. The second kappa shape index (κ2) is 9.53. The number of ether oxygens (including phenoxy) is 1. The molecular weight excluding hydrogens is 340 g/mol. The largest absolute Gasteiger partial charge is 0.484 e. The van der Waals surface area contributed by atoms with Gasteiger partial charge in [0.1, 0.15) is 5.75 Å². The number of carbonyl (C=O) groups excluding carboxylic acids is 1. The van der Waals surface area contributed by atoms with Gasteiger partial charge in [-0.15, -0.1) is 0 Å². The molecular formula is C22H30N2O3. The number of hydrogen-bond acceptors (Lipinski definition) is 4. The van der Waals surface area contributed by atoms with Crippen LogP contribution in [0.5, 0.6) is 5.75 Å². The third-order valence-electron chi connectivity index (χ3n) is 4.05. The van der Waals surface area contributed by atoms with Crippen LogP contribution in [0, 0.1) is 0 Å². The minimum absolute atomic E-state index is 0.00479. The lowest BCUT2D eigenvalue weighted by Gasteiger charge is -2.21. The Hall–Kier alpha value is -2.37. The van der Waals surface area contributed by atoms with Gasteiger partial charge >= 0.3 is 0 Å². The molecule has 3 N–H and O–H groups in total. The van der Waals surface area contributed by atoms with Gasteiger partial charge in [0.15, 0.2) is 6.61 Å². The van der Waals surface area contributed by atoms with Gasteiger partial charge < -0.3 is 20.5 Å². The number of rotatable bonds is 8. The van der Waals surface area contributed by atoms with Crippen LogP contribution in [0.4, 0.5) is 0 Å². The molecule has 0 spiro atoms. The van der Waals surface area contributed by atoms with E-state index in [4.69, 9.17) is 4.74 Å². The smallest absolute Gasteiger partial charge is 0.258 e. The third kappa shape index (κ3) is 7.41. The average molecular weight is 370 g/mol. The Morgan fingerprint density at radius 3 is 2.30 bits per heavy atom. The van der Waals surface area contributed by atoms with Crippen molar-refractivity contribution in [3.05, 3.63) is 65.7 Å². The van der Waals surface area contributed by atoms with E-state index in [1.165, 1.54) is 0 Å². The lowest BCUT2D eigenvalue weighted by Crippen LogP contribution is -2.43. The van der Waals surface area contributed by atoms with Gasteiger partial charge in [0.25, 0.3) is 5.91 Å². The summed E-state index contributed by atoms with van der Waals surface area (Å²) in [5.74, 6) is 0.511. The summed E-state index contributed by atoms with van der Waals surface area (Å²) in [7, 11) is 0. The molecule has 1 amide bonds. The lowest BCUT2D eigenvalue weighted by atomic mass is 10.0. The van der Waals surface area contributed by atoms with Crippen molar-refractivity contribution in [2.45, 2.75) is 51.9 Å². The number of aliphatic hydroxyl groups is 1. The van der Waals surface area contributed by atoms with Crippen LogP contribution >= 0.6 is 0 Å². The molecule has 5 heteroatoms. The van der Waals surface area contributed by atoms with E-state index in [1.807, 2.05) is 82.3 Å². The molecule has 0 saturated heterocycles. The molecule has 0 radical (unpaired) electrons. The second-order valence-corrected chi connectivity index (χ2v) is 7.76. The van der Waals surface area contributed by atoms with Crippen molar-refractivity contribution in [3.8, 4) is 5.75 Å². The summed E-state index contributed by atoms with van der Waals surface area (Å²) in [6, 6.07) is 17.1. The first kappa shape index (κ1) is 20.9. The van der Waals surface area contributed by atoms with Gasteiger partial charge in [0.2, 0.25) is 0 Å². The first-order valence-electron chi connectivity index (χ1n) is 9.24. The van der Waals surface area contributed by atoms with E-state index in [0.29, 0.717) is 12.3 Å². The van der Waals surface area contributed by atoms with Gasteiger partial charge in [-0.05, 0) is 51.0 Å². The molecule has 0 saturated carbocycles. The SMILES string of the molecule is CC(NCc1ccc(OCC(=O)NC(C)(C)C)cc1)C(O)c1ccccc1.